The Morgan fingerprint density at radius 3 is 2.38 bits per heavy atom. The van der Waals surface area contributed by atoms with Crippen molar-refractivity contribution in [2.75, 3.05) is 20.8 Å². The van der Waals surface area contributed by atoms with E-state index < -0.39 is 17.7 Å². The Bertz CT molecular complexity index is 1210. The number of carbonyl (C=O) groups is 2. The Morgan fingerprint density at radius 1 is 1.03 bits per heavy atom. The van der Waals surface area contributed by atoms with E-state index in [1.807, 2.05) is 6.92 Å². The number of furan rings is 1. The second-order valence-corrected chi connectivity index (χ2v) is 7.58. The number of amides is 1. The third-order valence-electron chi connectivity index (χ3n) is 5.61. The lowest BCUT2D eigenvalue weighted by molar-refractivity contribution is -0.140. The molecular weight excluding hydrogens is 438 g/mol. The van der Waals surface area contributed by atoms with Gasteiger partial charge in [-0.1, -0.05) is 12.1 Å². The summed E-state index contributed by atoms with van der Waals surface area (Å²) >= 11 is 0. The first-order valence-corrected chi connectivity index (χ1v) is 10.7. The number of hydrogen-bond acceptors (Lipinski definition) is 7. The average Bonchev–Trinajstić information content (AvgIpc) is 3.46. The monoisotopic (exact) mass is 463 g/mol. The standard InChI is InChI=1S/C26H25NO7/c1-4-33-18-10-7-16(8-11-18)23-22(24(28)17-9-12-20(31-2)21(14-17)32-3)25(29)26(30)27(23)15-19-6-5-13-34-19/h5-14,23,28H,4,15H2,1-3H3/t23-/m1/s1. The van der Waals surface area contributed by atoms with Gasteiger partial charge in [0.1, 0.15) is 17.3 Å². The molecule has 0 saturated carbocycles. The zero-order chi connectivity index (χ0) is 24.2. The topological polar surface area (TPSA) is 98.4 Å². The van der Waals surface area contributed by atoms with E-state index in [1.165, 1.54) is 25.4 Å². The Labute approximate surface area is 197 Å². The molecule has 8 nitrogen and oxygen atoms in total. The van der Waals surface area contributed by atoms with Crippen LogP contribution in [0.1, 0.15) is 29.9 Å². The quantitative estimate of drug-likeness (QED) is 0.302. The molecular formula is C26H25NO7. The SMILES string of the molecule is CCOc1ccc([C@@H]2C(=C(O)c3ccc(OC)c(OC)c3)C(=O)C(=O)N2Cc2ccco2)cc1. The molecule has 0 radical (unpaired) electrons. The number of aliphatic hydroxyl groups excluding tert-OH is 1. The Kier molecular flexibility index (Phi) is 6.58. The highest BCUT2D eigenvalue weighted by Crippen LogP contribution is 2.41. The summed E-state index contributed by atoms with van der Waals surface area (Å²) in [6, 6.07) is 14.5. The number of ether oxygens (including phenoxy) is 3. The number of ketones is 1. The minimum absolute atomic E-state index is 0.0204. The highest BCUT2D eigenvalue weighted by atomic mass is 16.5. The molecule has 1 fully saturated rings. The minimum atomic E-state index is -0.825. The minimum Gasteiger partial charge on any atom is -0.507 e. The number of likely N-dealkylation sites (tertiary alicyclic amines) is 1. The van der Waals surface area contributed by atoms with E-state index in [2.05, 4.69) is 0 Å². The molecule has 2 aromatic carbocycles. The zero-order valence-corrected chi connectivity index (χ0v) is 19.1. The Hall–Kier alpha value is -4.20. The van der Waals surface area contributed by atoms with Gasteiger partial charge in [0, 0.05) is 5.56 Å². The van der Waals surface area contributed by atoms with Crippen LogP contribution < -0.4 is 14.2 Å². The van der Waals surface area contributed by atoms with Crippen LogP contribution in [0, 0.1) is 0 Å². The second-order valence-electron chi connectivity index (χ2n) is 7.58. The summed E-state index contributed by atoms with van der Waals surface area (Å²) in [4.78, 5) is 27.6. The summed E-state index contributed by atoms with van der Waals surface area (Å²) in [5.41, 5.74) is 0.953. The molecule has 2 heterocycles. The van der Waals surface area contributed by atoms with E-state index in [1.54, 1.807) is 54.6 Å². The molecule has 1 aromatic heterocycles. The van der Waals surface area contributed by atoms with Crippen LogP contribution >= 0.6 is 0 Å². The first-order chi connectivity index (χ1) is 16.5. The number of aliphatic hydroxyl groups is 1. The number of rotatable bonds is 8. The maximum absolute atomic E-state index is 13.2. The van der Waals surface area contributed by atoms with Gasteiger partial charge in [-0.15, -0.1) is 0 Å². The molecule has 1 aliphatic rings. The van der Waals surface area contributed by atoms with Gasteiger partial charge in [0.15, 0.2) is 11.5 Å². The first-order valence-electron chi connectivity index (χ1n) is 10.7. The van der Waals surface area contributed by atoms with Crippen molar-refractivity contribution in [3.8, 4) is 17.2 Å². The summed E-state index contributed by atoms with van der Waals surface area (Å²) in [6.45, 7) is 2.46. The summed E-state index contributed by atoms with van der Waals surface area (Å²) in [5, 5.41) is 11.2. The predicted octanol–water partition coefficient (Wildman–Crippen LogP) is 4.32. The molecule has 1 N–H and O–H groups in total. The summed E-state index contributed by atoms with van der Waals surface area (Å²) < 4.78 is 21.5. The average molecular weight is 463 g/mol. The van der Waals surface area contributed by atoms with Gasteiger partial charge in [-0.05, 0) is 55.0 Å². The Balaban J connectivity index is 1.84. The van der Waals surface area contributed by atoms with Crippen molar-refractivity contribution >= 4 is 17.4 Å². The fraction of sp³-hybridized carbons (Fsp3) is 0.231. The summed E-state index contributed by atoms with van der Waals surface area (Å²) in [7, 11) is 2.98. The maximum atomic E-state index is 13.2. The van der Waals surface area contributed by atoms with Gasteiger partial charge < -0.3 is 28.6 Å². The number of Topliss-reactive ketones (excluding diaryl/α,β-unsaturated/α-hetero) is 1. The first kappa shape index (κ1) is 23.0. The van der Waals surface area contributed by atoms with Crippen LogP contribution in [0.5, 0.6) is 17.2 Å². The van der Waals surface area contributed by atoms with Crippen molar-refractivity contribution in [3.63, 3.8) is 0 Å². The molecule has 4 rings (SSSR count). The largest absolute Gasteiger partial charge is 0.507 e. The van der Waals surface area contributed by atoms with Gasteiger partial charge in [-0.2, -0.15) is 0 Å². The fourth-order valence-electron chi connectivity index (χ4n) is 4.01. The Morgan fingerprint density at radius 2 is 1.76 bits per heavy atom. The van der Waals surface area contributed by atoms with Crippen LogP contribution in [-0.2, 0) is 16.1 Å². The van der Waals surface area contributed by atoms with Gasteiger partial charge in [0.05, 0.1) is 45.2 Å². The predicted molar refractivity (Wildman–Crippen MR) is 124 cm³/mol. The molecule has 176 valence electrons. The van der Waals surface area contributed by atoms with Gasteiger partial charge in [0.25, 0.3) is 11.7 Å². The molecule has 0 spiro atoms. The lowest BCUT2D eigenvalue weighted by atomic mass is 9.95. The molecule has 1 amide bonds. The number of nitrogens with zero attached hydrogens (tertiary/aromatic N) is 1. The van der Waals surface area contributed by atoms with E-state index in [0.717, 1.165) is 0 Å². The summed E-state index contributed by atoms with van der Waals surface area (Å²) in [6.07, 6.45) is 1.50. The van der Waals surface area contributed by atoms with Crippen LogP contribution in [0.4, 0.5) is 0 Å². The van der Waals surface area contributed by atoms with Gasteiger partial charge in [-0.3, -0.25) is 9.59 Å². The molecule has 0 aliphatic carbocycles. The molecule has 1 atom stereocenters. The van der Waals surface area contributed by atoms with Gasteiger partial charge in [0.2, 0.25) is 0 Å². The van der Waals surface area contributed by atoms with Crippen LogP contribution in [0.3, 0.4) is 0 Å². The number of hydrogen-bond donors (Lipinski definition) is 1. The van der Waals surface area contributed by atoms with Gasteiger partial charge >= 0.3 is 0 Å². The molecule has 1 aliphatic heterocycles. The summed E-state index contributed by atoms with van der Waals surface area (Å²) in [5.74, 6) is 0.225. The fourth-order valence-corrected chi connectivity index (χ4v) is 4.01. The number of carbonyl (C=O) groups excluding carboxylic acids is 2. The number of methoxy groups -OCH3 is 2. The maximum Gasteiger partial charge on any atom is 0.296 e. The number of benzene rings is 2. The van der Waals surface area contributed by atoms with Crippen molar-refractivity contribution in [3.05, 3.63) is 83.3 Å². The van der Waals surface area contributed by atoms with Crippen molar-refractivity contribution in [1.82, 2.24) is 4.90 Å². The zero-order valence-electron chi connectivity index (χ0n) is 19.1. The molecule has 8 heteroatoms. The van der Waals surface area contributed by atoms with Crippen molar-refractivity contribution < 1.29 is 33.3 Å². The smallest absolute Gasteiger partial charge is 0.296 e. The van der Waals surface area contributed by atoms with E-state index in [-0.39, 0.29) is 17.9 Å². The third-order valence-corrected chi connectivity index (χ3v) is 5.61. The molecule has 0 bridgehead atoms. The lowest BCUT2D eigenvalue weighted by Crippen LogP contribution is -2.29. The van der Waals surface area contributed by atoms with Crippen LogP contribution in [0.15, 0.2) is 70.9 Å². The normalized spacial score (nSPS) is 17.1. The highest BCUT2D eigenvalue weighted by molar-refractivity contribution is 6.46. The van der Waals surface area contributed by atoms with Crippen molar-refractivity contribution in [1.29, 1.82) is 0 Å². The van der Waals surface area contributed by atoms with Crippen LogP contribution in [0.2, 0.25) is 0 Å². The molecule has 0 unspecified atom stereocenters. The van der Waals surface area contributed by atoms with E-state index >= 15 is 0 Å². The molecule has 1 saturated heterocycles. The second kappa shape index (κ2) is 9.74. The van der Waals surface area contributed by atoms with Crippen LogP contribution in [0.25, 0.3) is 5.76 Å². The lowest BCUT2D eigenvalue weighted by Gasteiger charge is -2.24. The molecule has 34 heavy (non-hydrogen) atoms. The van der Waals surface area contributed by atoms with Crippen molar-refractivity contribution in [2.24, 2.45) is 0 Å². The van der Waals surface area contributed by atoms with E-state index in [0.29, 0.717) is 40.7 Å². The highest BCUT2D eigenvalue weighted by Gasteiger charge is 2.46. The van der Waals surface area contributed by atoms with E-state index in [4.69, 9.17) is 18.6 Å². The van der Waals surface area contributed by atoms with Crippen molar-refractivity contribution in [2.45, 2.75) is 19.5 Å². The van der Waals surface area contributed by atoms with Gasteiger partial charge in [-0.25, -0.2) is 0 Å². The van der Waals surface area contributed by atoms with E-state index in [9.17, 15) is 14.7 Å². The molecule has 3 aromatic rings. The third kappa shape index (κ3) is 4.22. The van der Waals surface area contributed by atoms with Crippen LogP contribution in [-0.4, -0.2) is 42.5 Å².